The summed E-state index contributed by atoms with van der Waals surface area (Å²) in [4.78, 5) is 5.35. The van der Waals surface area contributed by atoms with E-state index in [1.807, 2.05) is 22.7 Å². The van der Waals surface area contributed by atoms with Crippen LogP contribution in [0.2, 0.25) is 0 Å². The summed E-state index contributed by atoms with van der Waals surface area (Å²) >= 11 is 3.89. The largest absolute Gasteiger partial charge is 0.421 e. The lowest BCUT2D eigenvalue weighted by molar-refractivity contribution is 1.29. The van der Waals surface area contributed by atoms with Crippen molar-refractivity contribution in [2.75, 3.05) is 9.62 Å². The SMILES string of the molecule is c1ccc2c(c1)B1N(c3ccccc3-2)c2c3sc4ccccc4n4c3c(c3sc5ccccc5n1c23)N1B4c2ccccc2-c2ccccc21. The maximum Gasteiger partial charge on any atom is 0.421 e. The van der Waals surface area contributed by atoms with E-state index in [-0.39, 0.29) is 14.0 Å². The van der Waals surface area contributed by atoms with Crippen LogP contribution in [0, 0.1) is 0 Å². The summed E-state index contributed by atoms with van der Waals surface area (Å²) in [6.45, 7) is -0.0147. The molecule has 0 N–H and O–H groups in total. The van der Waals surface area contributed by atoms with Gasteiger partial charge in [-0.15, -0.1) is 22.7 Å². The molecule has 4 aliphatic rings. The van der Waals surface area contributed by atoms with Crippen molar-refractivity contribution in [2.45, 2.75) is 0 Å². The second kappa shape index (κ2) is 9.10. The van der Waals surface area contributed by atoms with Gasteiger partial charge >= 0.3 is 14.0 Å². The van der Waals surface area contributed by atoms with Gasteiger partial charge in [0.15, 0.2) is 0 Å². The summed E-state index contributed by atoms with van der Waals surface area (Å²) in [7, 11) is 0. The summed E-state index contributed by atoms with van der Waals surface area (Å²) in [6, 6.07) is 54.2. The highest BCUT2D eigenvalue weighted by atomic mass is 32.1. The first-order chi connectivity index (χ1) is 24.9. The van der Waals surface area contributed by atoms with Crippen molar-refractivity contribution >= 4 is 111 Å². The van der Waals surface area contributed by atoms with Gasteiger partial charge in [0.1, 0.15) is 0 Å². The molecule has 0 saturated carbocycles. The number of hydrogen-bond donors (Lipinski definition) is 0. The molecule has 0 spiro atoms. The highest BCUT2D eigenvalue weighted by Gasteiger charge is 2.50. The minimum atomic E-state index is -0.00735. The molecule has 0 fully saturated rings. The second-order valence-corrected chi connectivity index (χ2v) is 15.7. The molecule has 6 heterocycles. The molecule has 0 unspecified atom stereocenters. The van der Waals surface area contributed by atoms with E-state index >= 15 is 0 Å². The lowest BCUT2D eigenvalue weighted by Crippen LogP contribution is -2.52. The molecule has 8 heteroatoms. The predicted molar refractivity (Wildman–Crippen MR) is 215 cm³/mol. The lowest BCUT2D eigenvalue weighted by atomic mass is 9.60. The molecule has 0 saturated heterocycles. The first kappa shape index (κ1) is 26.2. The molecule has 4 nitrogen and oxygen atoms in total. The van der Waals surface area contributed by atoms with Crippen molar-refractivity contribution < 1.29 is 0 Å². The Morgan fingerprint density at radius 2 is 0.760 bits per heavy atom. The maximum absolute atomic E-state index is 2.67. The molecule has 2 aromatic heterocycles. The van der Waals surface area contributed by atoms with Crippen LogP contribution in [0.1, 0.15) is 0 Å². The Balaban J connectivity index is 1.30. The van der Waals surface area contributed by atoms with Crippen LogP contribution in [-0.2, 0) is 0 Å². The fourth-order valence-corrected chi connectivity index (χ4v) is 11.9. The average Bonchev–Trinajstić information content (AvgIpc) is 3.74. The van der Waals surface area contributed by atoms with Gasteiger partial charge in [-0.05, 0) is 58.5 Å². The van der Waals surface area contributed by atoms with Crippen LogP contribution in [0.15, 0.2) is 146 Å². The van der Waals surface area contributed by atoms with Crippen molar-refractivity contribution in [1.29, 1.82) is 0 Å². The first-order valence-electron chi connectivity index (χ1n) is 17.2. The van der Waals surface area contributed by atoms with Crippen LogP contribution >= 0.6 is 22.7 Å². The van der Waals surface area contributed by atoms with Crippen molar-refractivity contribution in [2.24, 2.45) is 0 Å². The van der Waals surface area contributed by atoms with Crippen molar-refractivity contribution in [3.8, 4) is 22.3 Å². The molecule has 0 aliphatic carbocycles. The van der Waals surface area contributed by atoms with Crippen LogP contribution < -0.4 is 20.5 Å². The third kappa shape index (κ3) is 2.96. The van der Waals surface area contributed by atoms with E-state index < -0.39 is 0 Å². The first-order valence-corrected chi connectivity index (χ1v) is 18.8. The average molecular weight is 670 g/mol. The number of nitrogens with zero attached hydrogens (tertiary/aromatic N) is 4. The summed E-state index contributed by atoms with van der Waals surface area (Å²) in [5, 5.41) is 0. The Labute approximate surface area is 296 Å². The highest BCUT2D eigenvalue weighted by Crippen LogP contribution is 2.59. The van der Waals surface area contributed by atoms with Gasteiger partial charge < -0.3 is 18.6 Å². The monoisotopic (exact) mass is 670 g/mol. The van der Waals surface area contributed by atoms with E-state index in [4.69, 9.17) is 0 Å². The number of anilines is 4. The van der Waals surface area contributed by atoms with Gasteiger partial charge in [-0.25, -0.2) is 0 Å². The summed E-state index contributed by atoms with van der Waals surface area (Å²) < 4.78 is 10.6. The molecule has 50 heavy (non-hydrogen) atoms. The summed E-state index contributed by atoms with van der Waals surface area (Å²) in [6.07, 6.45) is 0. The van der Waals surface area contributed by atoms with Crippen molar-refractivity contribution in [1.82, 2.24) is 8.96 Å². The van der Waals surface area contributed by atoms with E-state index in [1.165, 1.54) is 96.8 Å². The number of aromatic nitrogens is 2. The molecule has 0 atom stereocenters. The number of hydrogen-bond acceptors (Lipinski definition) is 4. The highest BCUT2D eigenvalue weighted by molar-refractivity contribution is 7.27. The van der Waals surface area contributed by atoms with E-state index in [1.54, 1.807) is 0 Å². The Kier molecular flexibility index (Phi) is 4.77. The Morgan fingerprint density at radius 3 is 1.24 bits per heavy atom. The Bertz CT molecular complexity index is 2850. The molecule has 4 aliphatic heterocycles. The van der Waals surface area contributed by atoms with Crippen molar-refractivity contribution in [3.05, 3.63) is 146 Å². The normalized spacial score (nSPS) is 14.2. The minimum Gasteiger partial charge on any atom is -0.358 e. The maximum atomic E-state index is 2.67. The van der Waals surface area contributed by atoms with E-state index in [9.17, 15) is 0 Å². The second-order valence-electron chi connectivity index (χ2n) is 13.6. The van der Waals surface area contributed by atoms with Crippen LogP contribution in [0.5, 0.6) is 0 Å². The Morgan fingerprint density at radius 1 is 0.380 bits per heavy atom. The van der Waals surface area contributed by atoms with Gasteiger partial charge in [0.2, 0.25) is 0 Å². The van der Waals surface area contributed by atoms with Crippen LogP contribution in [0.25, 0.3) is 63.1 Å². The van der Waals surface area contributed by atoms with Gasteiger partial charge in [-0.3, -0.25) is 0 Å². The smallest absolute Gasteiger partial charge is 0.358 e. The van der Waals surface area contributed by atoms with E-state index in [0.717, 1.165) is 0 Å². The van der Waals surface area contributed by atoms with Crippen LogP contribution in [0.4, 0.5) is 22.7 Å². The van der Waals surface area contributed by atoms with E-state index in [2.05, 4.69) is 164 Å². The Hall–Kier alpha value is -5.69. The fraction of sp³-hybridized carbons (Fsp3) is 0. The summed E-state index contributed by atoms with van der Waals surface area (Å²) in [5.41, 5.74) is 18.3. The zero-order valence-corrected chi connectivity index (χ0v) is 28.2. The molecule has 9 aromatic rings. The van der Waals surface area contributed by atoms with Gasteiger partial charge in [0.05, 0.1) is 41.2 Å². The molecule has 0 radical (unpaired) electrons. The van der Waals surface area contributed by atoms with Crippen LogP contribution in [-0.4, -0.2) is 22.9 Å². The molecule has 7 aromatic carbocycles. The van der Waals surface area contributed by atoms with Gasteiger partial charge in [0, 0.05) is 33.5 Å². The molecule has 0 bridgehead atoms. The standard InChI is InChI=1S/C42H24B2N4S2/c1-5-17-29-25(13-1)27-15-3-7-19-31(27)45-37-39-42(49-35-23-11-9-21-33(35)47(39)43(29)45)38-40-41(37)50-36-24-12-10-22-34(36)48(40)44-30-18-6-2-14-26(30)28-16-4-8-20-32(28)46(38)44/h1-24H. The number of rotatable bonds is 0. The van der Waals surface area contributed by atoms with Crippen molar-refractivity contribution in [3.63, 3.8) is 0 Å². The van der Waals surface area contributed by atoms with Gasteiger partial charge in [-0.2, -0.15) is 0 Å². The number of benzene rings is 7. The van der Waals surface area contributed by atoms with Crippen LogP contribution in [0.3, 0.4) is 0 Å². The zero-order chi connectivity index (χ0) is 32.2. The minimum absolute atomic E-state index is 0.00735. The molecular weight excluding hydrogens is 646 g/mol. The summed E-state index contributed by atoms with van der Waals surface area (Å²) in [5.74, 6) is 0. The molecule has 0 amide bonds. The van der Waals surface area contributed by atoms with Gasteiger partial charge in [0.25, 0.3) is 0 Å². The van der Waals surface area contributed by atoms with E-state index in [0.29, 0.717) is 0 Å². The number of fused-ring (bicyclic) bond motifs is 22. The molecule has 230 valence electrons. The third-order valence-electron chi connectivity index (χ3n) is 11.3. The van der Waals surface area contributed by atoms with Gasteiger partial charge in [-0.1, -0.05) is 109 Å². The lowest BCUT2D eigenvalue weighted by Gasteiger charge is -2.35. The third-order valence-corrected chi connectivity index (χ3v) is 13.6. The topological polar surface area (TPSA) is 16.3 Å². The fourth-order valence-electron chi connectivity index (χ4n) is 9.49. The quantitative estimate of drug-likeness (QED) is 0.118. The molecule has 13 rings (SSSR count). The number of para-hydroxylation sites is 4. The zero-order valence-electron chi connectivity index (χ0n) is 26.6. The molecular formula is C42H24B2N4S2. The predicted octanol–water partition coefficient (Wildman–Crippen LogP) is 9.90.